The SMILES string of the molecule is CC(C)C[C@@H](CNc1ccc([N+](=O)[O-])c2nonc12)NC(=O)c1ccc(N2CCCC2)c(OCC2CC2)n1. The molecule has 1 saturated heterocycles. The van der Waals surface area contributed by atoms with E-state index in [9.17, 15) is 14.9 Å². The lowest BCUT2D eigenvalue weighted by atomic mass is 10.0. The van der Waals surface area contributed by atoms with Gasteiger partial charge < -0.3 is 20.3 Å². The van der Waals surface area contributed by atoms with Crippen molar-refractivity contribution in [2.24, 2.45) is 11.8 Å². The highest BCUT2D eigenvalue weighted by atomic mass is 16.6. The van der Waals surface area contributed by atoms with Gasteiger partial charge in [-0.1, -0.05) is 13.8 Å². The van der Waals surface area contributed by atoms with Gasteiger partial charge in [0.25, 0.3) is 5.91 Å². The van der Waals surface area contributed by atoms with Crippen molar-refractivity contribution in [2.75, 3.05) is 36.5 Å². The van der Waals surface area contributed by atoms with Crippen LogP contribution in [0.25, 0.3) is 11.0 Å². The Kier molecular flexibility index (Phi) is 7.57. The number of fused-ring (bicyclic) bond motifs is 1. The molecule has 3 heterocycles. The fraction of sp³-hybridized carbons (Fsp3) is 0.538. The Morgan fingerprint density at radius 2 is 1.95 bits per heavy atom. The first-order valence-corrected chi connectivity index (χ1v) is 13.2. The van der Waals surface area contributed by atoms with Gasteiger partial charge in [-0.25, -0.2) is 9.61 Å². The van der Waals surface area contributed by atoms with Crippen molar-refractivity contribution in [1.82, 2.24) is 20.6 Å². The molecule has 0 radical (unpaired) electrons. The van der Waals surface area contributed by atoms with Crippen LogP contribution < -0.4 is 20.3 Å². The van der Waals surface area contributed by atoms with Crippen LogP contribution in [0.15, 0.2) is 28.9 Å². The van der Waals surface area contributed by atoms with E-state index in [0.29, 0.717) is 48.7 Å². The first kappa shape index (κ1) is 25.7. The number of rotatable bonds is 12. The maximum absolute atomic E-state index is 13.3. The molecule has 1 amide bonds. The smallest absolute Gasteiger partial charge is 0.300 e. The molecule has 12 nitrogen and oxygen atoms in total. The van der Waals surface area contributed by atoms with Crippen molar-refractivity contribution >= 4 is 34.0 Å². The fourth-order valence-corrected chi connectivity index (χ4v) is 4.74. The Labute approximate surface area is 220 Å². The number of pyridine rings is 1. The third-order valence-electron chi connectivity index (χ3n) is 6.89. The molecule has 1 atom stereocenters. The minimum atomic E-state index is -0.525. The Morgan fingerprint density at radius 1 is 1.18 bits per heavy atom. The number of non-ortho nitro benzene ring substituents is 1. The molecule has 3 aromatic rings. The highest BCUT2D eigenvalue weighted by molar-refractivity contribution is 5.94. The zero-order valence-electron chi connectivity index (χ0n) is 21.7. The number of ether oxygens (including phenoxy) is 1. The summed E-state index contributed by atoms with van der Waals surface area (Å²) in [5.41, 5.74) is 1.96. The van der Waals surface area contributed by atoms with Gasteiger partial charge in [-0.05, 0) is 72.5 Å². The number of aromatic nitrogens is 3. The number of nitro benzene ring substituents is 1. The summed E-state index contributed by atoms with van der Waals surface area (Å²) in [7, 11) is 0. The molecular formula is C26H33N7O5. The Bertz CT molecular complexity index is 1300. The summed E-state index contributed by atoms with van der Waals surface area (Å²) < 4.78 is 10.8. The number of hydrogen-bond acceptors (Lipinski definition) is 10. The van der Waals surface area contributed by atoms with E-state index in [-0.39, 0.29) is 28.7 Å². The quantitative estimate of drug-likeness (QED) is 0.262. The standard InChI is InChI=1S/C26H33N7O5/c1-16(2)13-18(14-27-19-7-9-21(33(35)36)24-23(19)30-38-31-24)28-25(34)20-8-10-22(32-11-3-4-12-32)26(29-20)37-15-17-5-6-17/h7-10,16-18,27H,3-6,11-15H2,1-2H3,(H,28,34)/t18-/m0/s1. The number of benzene rings is 1. The summed E-state index contributed by atoms with van der Waals surface area (Å²) in [6, 6.07) is 6.40. The number of hydrogen-bond donors (Lipinski definition) is 2. The van der Waals surface area contributed by atoms with Gasteiger partial charge in [-0.2, -0.15) is 0 Å². The number of amides is 1. The van der Waals surface area contributed by atoms with Crippen LogP contribution in [-0.2, 0) is 0 Å². The lowest BCUT2D eigenvalue weighted by Crippen LogP contribution is -2.41. The third-order valence-corrected chi connectivity index (χ3v) is 6.89. The van der Waals surface area contributed by atoms with Crippen LogP contribution in [0.3, 0.4) is 0 Å². The summed E-state index contributed by atoms with van der Waals surface area (Å²) >= 11 is 0. The van der Waals surface area contributed by atoms with E-state index in [1.54, 1.807) is 12.1 Å². The predicted molar refractivity (Wildman–Crippen MR) is 142 cm³/mol. The minimum Gasteiger partial charge on any atom is -0.476 e. The number of carbonyl (C=O) groups is 1. The normalized spacial score (nSPS) is 16.1. The first-order valence-electron chi connectivity index (χ1n) is 13.2. The van der Waals surface area contributed by atoms with E-state index >= 15 is 0 Å². The Hall–Kier alpha value is -3.96. The van der Waals surface area contributed by atoms with Crippen molar-refractivity contribution in [3.63, 3.8) is 0 Å². The van der Waals surface area contributed by atoms with E-state index in [1.807, 2.05) is 6.07 Å². The summed E-state index contributed by atoms with van der Waals surface area (Å²) in [5.74, 6) is 1.14. The van der Waals surface area contributed by atoms with Crippen LogP contribution >= 0.6 is 0 Å². The number of carbonyl (C=O) groups excluding carboxylic acids is 1. The van der Waals surface area contributed by atoms with Crippen LogP contribution in [0.5, 0.6) is 5.88 Å². The summed E-state index contributed by atoms with van der Waals surface area (Å²) in [6.07, 6.45) is 5.34. The van der Waals surface area contributed by atoms with E-state index in [2.05, 4.69) is 44.7 Å². The lowest BCUT2D eigenvalue weighted by molar-refractivity contribution is -0.383. The van der Waals surface area contributed by atoms with Crippen molar-refractivity contribution in [3.8, 4) is 5.88 Å². The van der Waals surface area contributed by atoms with Crippen LogP contribution in [0.1, 0.15) is 56.4 Å². The zero-order chi connectivity index (χ0) is 26.6. The van der Waals surface area contributed by atoms with Crippen molar-refractivity contribution < 1.29 is 19.1 Å². The van der Waals surface area contributed by atoms with Crippen molar-refractivity contribution in [2.45, 2.75) is 52.0 Å². The van der Waals surface area contributed by atoms with Crippen molar-refractivity contribution in [1.29, 1.82) is 0 Å². The van der Waals surface area contributed by atoms with Gasteiger partial charge >= 0.3 is 5.69 Å². The Morgan fingerprint density at radius 3 is 2.66 bits per heavy atom. The van der Waals surface area contributed by atoms with Crippen LogP contribution in [0, 0.1) is 22.0 Å². The second kappa shape index (κ2) is 11.2. The molecule has 0 spiro atoms. The van der Waals surface area contributed by atoms with Gasteiger partial charge in [0, 0.05) is 31.7 Å². The zero-order valence-corrected chi connectivity index (χ0v) is 21.7. The maximum Gasteiger partial charge on any atom is 0.300 e. The van der Waals surface area contributed by atoms with Crippen LogP contribution in [0.2, 0.25) is 0 Å². The topological polar surface area (TPSA) is 149 Å². The molecular weight excluding hydrogens is 490 g/mol. The third kappa shape index (κ3) is 5.95. The van der Waals surface area contributed by atoms with E-state index < -0.39 is 4.92 Å². The highest BCUT2D eigenvalue weighted by Crippen LogP contribution is 2.34. The lowest BCUT2D eigenvalue weighted by Gasteiger charge is -2.23. The number of nitrogens with one attached hydrogen (secondary N) is 2. The molecule has 38 heavy (non-hydrogen) atoms. The number of nitro groups is 1. The maximum atomic E-state index is 13.3. The molecule has 2 fully saturated rings. The van der Waals surface area contributed by atoms with Gasteiger partial charge in [0.2, 0.25) is 11.4 Å². The number of anilines is 2. The molecule has 2 aliphatic rings. The molecule has 0 unspecified atom stereocenters. The molecule has 1 aliphatic heterocycles. The van der Waals surface area contributed by atoms with Gasteiger partial charge in [-0.3, -0.25) is 14.9 Å². The second-order valence-electron chi connectivity index (χ2n) is 10.5. The minimum absolute atomic E-state index is 0.0745. The average molecular weight is 524 g/mol. The Balaban J connectivity index is 1.30. The van der Waals surface area contributed by atoms with Gasteiger partial charge in [0.15, 0.2) is 5.52 Å². The number of nitrogens with zero attached hydrogens (tertiary/aromatic N) is 5. The summed E-state index contributed by atoms with van der Waals surface area (Å²) in [4.78, 5) is 30.9. The van der Waals surface area contributed by atoms with E-state index in [4.69, 9.17) is 9.37 Å². The molecule has 1 aromatic carbocycles. The van der Waals surface area contributed by atoms with Crippen LogP contribution in [0.4, 0.5) is 17.1 Å². The van der Waals surface area contributed by atoms with Crippen LogP contribution in [-0.4, -0.2) is 58.4 Å². The summed E-state index contributed by atoms with van der Waals surface area (Å²) in [5, 5.41) is 25.1. The summed E-state index contributed by atoms with van der Waals surface area (Å²) in [6.45, 7) is 7.09. The van der Waals surface area contributed by atoms with E-state index in [1.165, 1.54) is 18.9 Å². The van der Waals surface area contributed by atoms with Gasteiger partial charge in [-0.15, -0.1) is 0 Å². The molecule has 12 heteroatoms. The molecule has 1 aliphatic carbocycles. The van der Waals surface area contributed by atoms with Gasteiger partial charge in [0.05, 0.1) is 22.9 Å². The fourth-order valence-electron chi connectivity index (χ4n) is 4.74. The molecule has 0 bridgehead atoms. The van der Waals surface area contributed by atoms with E-state index in [0.717, 1.165) is 31.6 Å². The molecule has 1 saturated carbocycles. The second-order valence-corrected chi connectivity index (χ2v) is 10.5. The largest absolute Gasteiger partial charge is 0.476 e. The molecule has 5 rings (SSSR count). The first-order chi connectivity index (χ1) is 18.4. The predicted octanol–water partition coefficient (Wildman–Crippen LogP) is 4.17. The molecule has 202 valence electrons. The molecule has 2 aromatic heterocycles. The highest BCUT2D eigenvalue weighted by Gasteiger charge is 2.26. The average Bonchev–Trinajstić information content (AvgIpc) is 3.33. The molecule has 2 N–H and O–H groups in total. The van der Waals surface area contributed by atoms with Gasteiger partial charge in [0.1, 0.15) is 5.69 Å². The monoisotopic (exact) mass is 523 g/mol. The van der Waals surface area contributed by atoms with Crippen molar-refractivity contribution in [3.05, 3.63) is 40.1 Å².